The van der Waals surface area contributed by atoms with Gasteiger partial charge in [-0.25, -0.2) is 4.98 Å². The maximum Gasteiger partial charge on any atom is 0.363 e. The van der Waals surface area contributed by atoms with Gasteiger partial charge < -0.3 is 20.6 Å². The van der Waals surface area contributed by atoms with Crippen LogP contribution in [-0.2, 0) is 40.9 Å². The zero-order valence-corrected chi connectivity index (χ0v) is 17.3. The number of hydrogen-bond donors (Lipinski definition) is 3. The Morgan fingerprint density at radius 3 is 2.86 bits per heavy atom. The number of esters is 1. The third kappa shape index (κ3) is 6.55. The first-order valence-electron chi connectivity index (χ1n) is 7.81. The first kappa shape index (κ1) is 22.9. The zero-order valence-electron chi connectivity index (χ0n) is 14.9. The van der Waals surface area contributed by atoms with E-state index in [9.17, 15) is 22.8 Å². The highest BCUT2D eigenvalue weighted by Gasteiger charge is 2.54. The molecule has 4 N–H and O–H groups in total. The summed E-state index contributed by atoms with van der Waals surface area (Å²) >= 11 is 2.12. The summed E-state index contributed by atoms with van der Waals surface area (Å²) < 4.78 is 36.8. The number of β-lactam (4-membered cyclic amide) rings is 1. The highest BCUT2D eigenvalue weighted by Crippen LogP contribution is 2.32. The predicted molar refractivity (Wildman–Crippen MR) is 103 cm³/mol. The van der Waals surface area contributed by atoms with Gasteiger partial charge in [-0.1, -0.05) is 5.16 Å². The van der Waals surface area contributed by atoms with Gasteiger partial charge in [0.2, 0.25) is 0 Å². The predicted octanol–water partition coefficient (Wildman–Crippen LogP) is -1.02. The maximum absolute atomic E-state index is 12.0. The number of nitrogens with one attached hydrogen (secondary N) is 1. The van der Waals surface area contributed by atoms with Gasteiger partial charge in [0.15, 0.2) is 11.7 Å². The van der Waals surface area contributed by atoms with Crippen LogP contribution in [0.1, 0.15) is 12.6 Å². The Balaban J connectivity index is 1.88. The molecule has 0 aliphatic carbocycles. The normalized spacial score (nSPS) is 19.1. The van der Waals surface area contributed by atoms with Gasteiger partial charge in [-0.2, -0.15) is 12.7 Å². The molecule has 2 rings (SSSR count). The first-order valence-corrected chi connectivity index (χ1v) is 11.1. The topological polar surface area (TPSA) is 191 Å². The number of nitrogens with two attached hydrogens (primary N) is 1. The Bertz CT molecular complexity index is 902. The van der Waals surface area contributed by atoms with E-state index in [1.54, 1.807) is 5.38 Å². The standard InChI is InChI=1S/C13H17N5O8S3/c1-7(19)25-2-3-27-12-10(11(21)18(12)29(22,23)24)17-9(20)4-15-26-5-8-6-28-13(14)16-8/h4,6,10,12H,2-3,5H2,1H3,(H2,14,16)(H,17,20)(H,22,23,24)/t10-,12+/m1/s1. The van der Waals surface area contributed by atoms with Crippen LogP contribution in [0.3, 0.4) is 0 Å². The maximum atomic E-state index is 12.0. The number of oxime groups is 1. The average Bonchev–Trinajstić information content (AvgIpc) is 3.03. The van der Waals surface area contributed by atoms with Gasteiger partial charge in [-0.05, 0) is 0 Å². The number of amides is 2. The first-order chi connectivity index (χ1) is 13.6. The van der Waals surface area contributed by atoms with Gasteiger partial charge in [0.05, 0.1) is 5.69 Å². The molecule has 0 bridgehead atoms. The van der Waals surface area contributed by atoms with E-state index in [1.807, 2.05) is 0 Å². The molecule has 13 nitrogen and oxygen atoms in total. The summed E-state index contributed by atoms with van der Waals surface area (Å²) in [6.07, 6.45) is 0.764. The fraction of sp³-hybridized carbons (Fsp3) is 0.462. The van der Waals surface area contributed by atoms with Crippen LogP contribution in [0, 0.1) is 0 Å². The van der Waals surface area contributed by atoms with Crippen molar-refractivity contribution in [2.24, 2.45) is 5.16 Å². The van der Waals surface area contributed by atoms with Gasteiger partial charge in [0, 0.05) is 18.1 Å². The molecule has 0 radical (unpaired) electrons. The van der Waals surface area contributed by atoms with Crippen molar-refractivity contribution in [3.8, 4) is 0 Å². The molecule has 1 aliphatic heterocycles. The molecule has 160 valence electrons. The number of anilines is 1. The second-order valence-corrected chi connectivity index (χ2v) is 8.79. The largest absolute Gasteiger partial charge is 0.465 e. The third-order valence-corrected chi connectivity index (χ3v) is 6.24. The number of thiazole rings is 1. The third-order valence-electron chi connectivity index (χ3n) is 3.25. The van der Waals surface area contributed by atoms with Crippen LogP contribution in [-0.4, -0.2) is 70.0 Å². The van der Waals surface area contributed by atoms with Crippen LogP contribution in [0.2, 0.25) is 0 Å². The van der Waals surface area contributed by atoms with E-state index < -0.39 is 39.5 Å². The minimum atomic E-state index is -4.81. The van der Waals surface area contributed by atoms with Crippen molar-refractivity contribution >= 4 is 62.5 Å². The summed E-state index contributed by atoms with van der Waals surface area (Å²) in [6, 6.07) is -1.23. The molecule has 0 aromatic carbocycles. The number of ether oxygens (including phenoxy) is 1. The van der Waals surface area contributed by atoms with E-state index >= 15 is 0 Å². The number of carbonyl (C=O) groups excluding carboxylic acids is 3. The average molecular weight is 468 g/mol. The van der Waals surface area contributed by atoms with Crippen molar-refractivity contribution in [1.82, 2.24) is 14.6 Å². The Morgan fingerprint density at radius 2 is 2.28 bits per heavy atom. The van der Waals surface area contributed by atoms with E-state index in [2.05, 4.69) is 15.5 Å². The summed E-state index contributed by atoms with van der Waals surface area (Å²) in [5.41, 5.74) is 5.98. The second-order valence-electron chi connectivity index (χ2n) is 5.38. The molecule has 2 heterocycles. The van der Waals surface area contributed by atoms with Crippen LogP contribution in [0.15, 0.2) is 10.5 Å². The number of hydrogen-bond acceptors (Lipinski definition) is 12. The van der Waals surface area contributed by atoms with E-state index in [4.69, 9.17) is 19.9 Å². The number of rotatable bonds is 10. The molecule has 0 unspecified atom stereocenters. The lowest BCUT2D eigenvalue weighted by atomic mass is 10.1. The number of carbonyl (C=O) groups is 3. The second kappa shape index (κ2) is 9.86. The van der Waals surface area contributed by atoms with Gasteiger partial charge >= 0.3 is 16.3 Å². The van der Waals surface area contributed by atoms with Crippen LogP contribution in [0.5, 0.6) is 0 Å². The molecule has 16 heteroatoms. The molecule has 29 heavy (non-hydrogen) atoms. The lowest BCUT2D eigenvalue weighted by Crippen LogP contribution is -2.70. The van der Waals surface area contributed by atoms with Crippen LogP contribution >= 0.6 is 23.1 Å². The molecule has 0 saturated carbocycles. The lowest BCUT2D eigenvalue weighted by molar-refractivity contribution is -0.141. The van der Waals surface area contributed by atoms with Gasteiger partial charge in [0.1, 0.15) is 24.2 Å². The van der Waals surface area contributed by atoms with Crippen molar-refractivity contribution < 1.29 is 36.9 Å². The zero-order chi connectivity index (χ0) is 21.6. The molecule has 1 aromatic rings. The number of nitrogen functional groups attached to an aromatic ring is 1. The molecule has 2 amide bonds. The van der Waals surface area contributed by atoms with Gasteiger partial charge in [0.25, 0.3) is 11.8 Å². The highest BCUT2D eigenvalue weighted by atomic mass is 32.2. The fourth-order valence-corrected chi connectivity index (χ4v) is 4.92. The SMILES string of the molecule is CC(=O)OCCS[C@H]1[C@H](NC(=O)C=NOCc2csc(N)n2)C(=O)N1S(=O)(=O)O. The van der Waals surface area contributed by atoms with Gasteiger partial charge in [-0.3, -0.25) is 18.9 Å². The summed E-state index contributed by atoms with van der Waals surface area (Å²) in [6.45, 7) is 1.14. The molecule has 1 fully saturated rings. The van der Waals surface area contributed by atoms with Crippen molar-refractivity contribution in [2.75, 3.05) is 18.1 Å². The lowest BCUT2D eigenvalue weighted by Gasteiger charge is -2.43. The van der Waals surface area contributed by atoms with Crippen molar-refractivity contribution in [1.29, 1.82) is 0 Å². The van der Waals surface area contributed by atoms with Gasteiger partial charge in [-0.15, -0.1) is 23.1 Å². The smallest absolute Gasteiger partial charge is 0.363 e. The summed E-state index contributed by atoms with van der Waals surface area (Å²) in [4.78, 5) is 43.4. The highest BCUT2D eigenvalue weighted by molar-refractivity contribution is 8.00. The quantitative estimate of drug-likeness (QED) is 0.0953. The van der Waals surface area contributed by atoms with Crippen LogP contribution in [0.4, 0.5) is 5.13 Å². The van der Waals surface area contributed by atoms with Crippen LogP contribution < -0.4 is 11.1 Å². The number of thioether (sulfide) groups is 1. The summed E-state index contributed by atoms with van der Waals surface area (Å²) in [5.74, 6) is -2.23. The van der Waals surface area contributed by atoms with E-state index in [0.717, 1.165) is 18.0 Å². The minimum Gasteiger partial charge on any atom is -0.465 e. The molecular formula is C13H17N5O8S3. The van der Waals surface area contributed by atoms with Crippen LogP contribution in [0.25, 0.3) is 0 Å². The minimum absolute atomic E-state index is 0.0228. The Kier molecular flexibility index (Phi) is 7.77. The number of nitrogens with zero attached hydrogens (tertiary/aromatic N) is 3. The Labute approximate surface area is 173 Å². The van der Waals surface area contributed by atoms with E-state index in [-0.39, 0.29) is 23.3 Å². The van der Waals surface area contributed by atoms with E-state index in [0.29, 0.717) is 10.8 Å². The Morgan fingerprint density at radius 1 is 1.55 bits per heavy atom. The van der Waals surface area contributed by atoms with E-state index in [1.165, 1.54) is 18.3 Å². The molecule has 2 atom stereocenters. The monoisotopic (exact) mass is 467 g/mol. The summed E-state index contributed by atoms with van der Waals surface area (Å²) in [7, 11) is -4.81. The fourth-order valence-electron chi connectivity index (χ4n) is 2.10. The van der Waals surface area contributed by atoms with Crippen molar-refractivity contribution in [3.05, 3.63) is 11.1 Å². The number of aromatic nitrogens is 1. The molecule has 1 aliphatic rings. The summed E-state index contributed by atoms with van der Waals surface area (Å²) in [5, 5.41) is 6.60. The molecule has 0 spiro atoms. The van der Waals surface area contributed by atoms with Crippen molar-refractivity contribution in [3.63, 3.8) is 0 Å². The molecule has 1 saturated heterocycles. The Hall–Kier alpha value is -2.43. The molecule has 1 aromatic heterocycles. The molecular weight excluding hydrogens is 450 g/mol. The van der Waals surface area contributed by atoms with Crippen molar-refractivity contribution in [2.45, 2.75) is 24.9 Å².